The van der Waals surface area contributed by atoms with Gasteiger partial charge in [0.15, 0.2) is 6.10 Å². The van der Waals surface area contributed by atoms with Gasteiger partial charge in [0.05, 0.1) is 26.4 Å². The number of carbonyl (C=O) groups is 3. The molecule has 0 aromatic rings. The van der Waals surface area contributed by atoms with Crippen LogP contribution in [0, 0.1) is 0 Å². The molecule has 0 radical (unpaired) electrons. The zero-order valence-electron chi connectivity index (χ0n) is 64.8. The van der Waals surface area contributed by atoms with E-state index in [0.29, 0.717) is 25.7 Å². The second-order valence-electron chi connectivity index (χ2n) is 25.7. The standard InChI is InChI=1S/C87H140O16P2/c1-4-7-10-13-16-19-22-25-28-31-34-35-36-37-38-39-40-41-42-43-44-45-48-50-52-55-58-61-64-67-70-73-85(90)97-76-82(88)77-99-104(93,94)100-78-83(89)79-101-105(95,96)102-81-84(103-87(92)75-72-69-66-63-60-57-54-51-47-33-30-27-24-21-18-15-12-9-6-3)80-98-86(91)74-71-68-65-62-59-56-53-49-46-32-29-26-23-20-17-14-11-8-5-2/h7-12,16-21,25-30,34-35,37-38,40-41,46-47,49,51,56,59,65,68,82-84,88-89H,4-6,13-15,22-24,31-33,36,39,42-45,48,50,52-55,57-58,60-64,66-67,69-81H2,1-3H3,(H,93,94)(H,95,96)/b10-7-,11-8-,12-9-,19-16-,20-17-,21-18-,28-25-,29-26-,30-27-,35-34-,38-37-,41-40-,49-46-,51-47-,59-56-,68-65-. The van der Waals surface area contributed by atoms with Crippen LogP contribution in [0.25, 0.3) is 0 Å². The average molecular weight is 1500 g/mol. The van der Waals surface area contributed by atoms with Crippen molar-refractivity contribution in [2.45, 2.75) is 296 Å². The van der Waals surface area contributed by atoms with Crippen molar-refractivity contribution < 1.29 is 75.8 Å². The van der Waals surface area contributed by atoms with Crippen LogP contribution in [0.1, 0.15) is 278 Å². The van der Waals surface area contributed by atoms with Gasteiger partial charge in [-0.25, -0.2) is 9.13 Å². The summed E-state index contributed by atoms with van der Waals surface area (Å²) < 4.78 is 61.1. The number of hydrogen-bond acceptors (Lipinski definition) is 14. The highest BCUT2D eigenvalue weighted by Crippen LogP contribution is 2.45. The first-order valence-electron chi connectivity index (χ1n) is 39.7. The Labute approximate surface area is 636 Å². The third-order valence-electron chi connectivity index (χ3n) is 15.8. The molecule has 0 aliphatic rings. The molecule has 4 N–H and O–H groups in total. The van der Waals surface area contributed by atoms with E-state index in [4.69, 9.17) is 32.3 Å². The minimum absolute atomic E-state index is 0.0346. The molecule has 0 spiro atoms. The van der Waals surface area contributed by atoms with Gasteiger partial charge >= 0.3 is 33.6 Å². The second-order valence-corrected chi connectivity index (χ2v) is 28.6. The lowest BCUT2D eigenvalue weighted by atomic mass is 10.0. The molecule has 18 heteroatoms. The SMILES string of the molecule is CC/C=C\C/C=C\C/C=C\C/C=C\C/C=C\C/C=C\CCCCCCCCCCCCCCC(=O)OCC(O)COP(=O)(O)OCC(O)COP(=O)(O)OCC(COC(=O)CC/C=C\C/C=C\C/C=C\C/C=C\C/C=C\C/C=C\CC)OC(=O)CCCCCCCC/C=C\C/C=C\C/C=C\C/C=C\CC. The van der Waals surface area contributed by atoms with Crippen LogP contribution in [-0.2, 0) is 55.8 Å². The minimum atomic E-state index is -4.96. The number of esters is 3. The van der Waals surface area contributed by atoms with Crippen molar-refractivity contribution in [3.8, 4) is 0 Å². The number of ether oxygens (including phenoxy) is 3. The molecule has 0 rings (SSSR count). The van der Waals surface area contributed by atoms with Gasteiger partial charge in [-0.3, -0.25) is 32.5 Å². The average Bonchev–Trinajstić information content (AvgIpc) is 0.915. The van der Waals surface area contributed by atoms with Crippen LogP contribution in [-0.4, -0.2) is 95.9 Å². The monoisotopic (exact) mass is 1500 g/mol. The van der Waals surface area contributed by atoms with E-state index < -0.39 is 91.5 Å². The zero-order valence-corrected chi connectivity index (χ0v) is 66.6. The van der Waals surface area contributed by atoms with Gasteiger partial charge < -0.3 is 34.2 Å². The van der Waals surface area contributed by atoms with Crippen LogP contribution in [0.15, 0.2) is 194 Å². The van der Waals surface area contributed by atoms with Crippen molar-refractivity contribution in [2.24, 2.45) is 0 Å². The maximum absolute atomic E-state index is 13.0. The molecule has 0 aliphatic carbocycles. The van der Waals surface area contributed by atoms with Crippen molar-refractivity contribution in [3.63, 3.8) is 0 Å². The summed E-state index contributed by atoms with van der Waals surface area (Å²) in [5, 5.41) is 20.6. The molecule has 0 amide bonds. The smallest absolute Gasteiger partial charge is 0.463 e. The minimum Gasteiger partial charge on any atom is -0.463 e. The summed E-state index contributed by atoms with van der Waals surface area (Å²) in [6.07, 6.45) is 102. The topological polar surface area (TPSA) is 231 Å². The molecule has 105 heavy (non-hydrogen) atoms. The Kier molecular flexibility index (Phi) is 73.8. The third kappa shape index (κ3) is 79.3. The highest BCUT2D eigenvalue weighted by Gasteiger charge is 2.29. The van der Waals surface area contributed by atoms with Gasteiger partial charge in [0, 0.05) is 19.3 Å². The lowest BCUT2D eigenvalue weighted by Gasteiger charge is -2.21. The number of phosphoric acid groups is 2. The fourth-order valence-corrected chi connectivity index (χ4v) is 11.5. The molecular formula is C87H140O16P2. The van der Waals surface area contributed by atoms with Crippen molar-refractivity contribution in [3.05, 3.63) is 194 Å². The molecule has 5 unspecified atom stereocenters. The number of aliphatic hydroxyl groups is 2. The molecule has 0 bridgehead atoms. The highest BCUT2D eigenvalue weighted by atomic mass is 31.2. The van der Waals surface area contributed by atoms with Crippen molar-refractivity contribution in [1.82, 2.24) is 0 Å². The second kappa shape index (κ2) is 78.0. The molecule has 16 nitrogen and oxygen atoms in total. The third-order valence-corrected chi connectivity index (χ3v) is 17.7. The molecule has 0 saturated heterocycles. The Morgan fingerprint density at radius 2 is 0.495 bits per heavy atom. The summed E-state index contributed by atoms with van der Waals surface area (Å²) in [4.78, 5) is 58.6. The number of hydrogen-bond donors (Lipinski definition) is 4. The number of allylic oxidation sites excluding steroid dienone is 32. The Morgan fingerprint density at radius 3 is 0.810 bits per heavy atom. The van der Waals surface area contributed by atoms with Gasteiger partial charge in [-0.2, -0.15) is 0 Å². The van der Waals surface area contributed by atoms with Crippen LogP contribution in [0.3, 0.4) is 0 Å². The first-order valence-corrected chi connectivity index (χ1v) is 42.7. The quantitative estimate of drug-likeness (QED) is 0.0146. The summed E-state index contributed by atoms with van der Waals surface area (Å²) in [5.74, 6) is -1.70. The number of rotatable bonds is 73. The molecule has 0 aromatic heterocycles. The summed E-state index contributed by atoms with van der Waals surface area (Å²) in [7, 11) is -9.83. The molecule has 0 aliphatic heterocycles. The number of aliphatic hydroxyl groups excluding tert-OH is 2. The maximum atomic E-state index is 13.0. The van der Waals surface area contributed by atoms with Gasteiger partial charge in [0.1, 0.15) is 25.4 Å². The normalized spacial score (nSPS) is 15.0. The van der Waals surface area contributed by atoms with Crippen molar-refractivity contribution in [2.75, 3.05) is 39.6 Å². The summed E-state index contributed by atoms with van der Waals surface area (Å²) in [5.41, 5.74) is 0. The van der Waals surface area contributed by atoms with E-state index in [0.717, 1.165) is 161 Å². The van der Waals surface area contributed by atoms with E-state index in [9.17, 15) is 43.5 Å². The highest BCUT2D eigenvalue weighted by molar-refractivity contribution is 7.47. The van der Waals surface area contributed by atoms with Crippen LogP contribution in [0.4, 0.5) is 0 Å². The fourth-order valence-electron chi connectivity index (χ4n) is 9.89. The Bertz CT molecular complexity index is 2690. The Hall–Kier alpha value is -5.61. The van der Waals surface area contributed by atoms with E-state index in [1.54, 1.807) is 0 Å². The zero-order chi connectivity index (χ0) is 76.6. The molecule has 0 aromatic carbocycles. The van der Waals surface area contributed by atoms with E-state index >= 15 is 0 Å². The lowest BCUT2D eigenvalue weighted by Crippen LogP contribution is -2.30. The van der Waals surface area contributed by atoms with Gasteiger partial charge in [0.25, 0.3) is 0 Å². The van der Waals surface area contributed by atoms with Crippen molar-refractivity contribution >= 4 is 33.6 Å². The molecule has 0 fully saturated rings. The predicted octanol–water partition coefficient (Wildman–Crippen LogP) is 23.5. The fraction of sp³-hybridized carbons (Fsp3) is 0.598. The van der Waals surface area contributed by atoms with Gasteiger partial charge in [-0.1, -0.05) is 305 Å². The molecule has 0 saturated carbocycles. The van der Waals surface area contributed by atoms with E-state index in [1.807, 2.05) is 18.2 Å². The first kappa shape index (κ1) is 99.4. The molecule has 594 valence electrons. The van der Waals surface area contributed by atoms with Gasteiger partial charge in [-0.15, -0.1) is 0 Å². The number of carbonyl (C=O) groups excluding carboxylic acids is 3. The summed E-state index contributed by atoms with van der Waals surface area (Å²) >= 11 is 0. The largest absolute Gasteiger partial charge is 0.472 e. The van der Waals surface area contributed by atoms with E-state index in [2.05, 4.69) is 197 Å². The number of phosphoric ester groups is 2. The Balaban J connectivity index is 4.62. The van der Waals surface area contributed by atoms with Crippen LogP contribution < -0.4 is 0 Å². The Morgan fingerprint density at radius 1 is 0.267 bits per heavy atom. The lowest BCUT2D eigenvalue weighted by molar-refractivity contribution is -0.161. The van der Waals surface area contributed by atoms with Crippen LogP contribution in [0.2, 0.25) is 0 Å². The van der Waals surface area contributed by atoms with Crippen LogP contribution >= 0.6 is 15.6 Å². The first-order chi connectivity index (χ1) is 51.2. The molecule has 5 atom stereocenters. The summed E-state index contributed by atoms with van der Waals surface area (Å²) in [6.45, 7) is 2.21. The van der Waals surface area contributed by atoms with E-state index in [-0.39, 0.29) is 19.3 Å². The molecular weight excluding hydrogens is 1360 g/mol. The maximum Gasteiger partial charge on any atom is 0.472 e. The van der Waals surface area contributed by atoms with Gasteiger partial charge in [0.2, 0.25) is 0 Å². The van der Waals surface area contributed by atoms with E-state index in [1.165, 1.54) is 51.4 Å². The van der Waals surface area contributed by atoms with Gasteiger partial charge in [-0.05, 0) is 148 Å². The predicted molar refractivity (Wildman–Crippen MR) is 435 cm³/mol. The summed E-state index contributed by atoms with van der Waals surface area (Å²) in [6, 6.07) is 0. The number of unbranched alkanes of at least 4 members (excludes halogenated alkanes) is 18. The molecule has 0 heterocycles. The van der Waals surface area contributed by atoms with Crippen molar-refractivity contribution in [1.29, 1.82) is 0 Å². The van der Waals surface area contributed by atoms with Crippen LogP contribution in [0.5, 0.6) is 0 Å².